The van der Waals surface area contributed by atoms with Crippen molar-refractivity contribution < 1.29 is 66.6 Å². The highest BCUT2D eigenvalue weighted by Gasteiger charge is 2.39. The number of primary amides is 1. The molecule has 1 unspecified atom stereocenters. The van der Waals surface area contributed by atoms with Crippen LogP contribution in [0.25, 0.3) is 21.5 Å². The van der Waals surface area contributed by atoms with Crippen LogP contribution in [0.2, 0.25) is 0 Å². The molecule has 4 atom stereocenters. The number of hydrogen-bond acceptors (Lipinski definition) is 14. The van der Waals surface area contributed by atoms with Crippen LogP contribution >= 0.6 is 42.4 Å². The second kappa shape index (κ2) is 28.1. The van der Waals surface area contributed by atoms with Gasteiger partial charge in [-0.3, -0.25) is 29.0 Å². The number of alkyl halides is 2. The fourth-order valence-corrected chi connectivity index (χ4v) is 11.9. The lowest BCUT2D eigenvalue weighted by Gasteiger charge is -2.25. The molecule has 0 aliphatic carbocycles. The number of fused-ring (bicyclic) bond motifs is 6. The Hall–Kier alpha value is -7.54. The van der Waals surface area contributed by atoms with E-state index >= 15 is 0 Å². The first kappa shape index (κ1) is 63.5. The lowest BCUT2D eigenvalue weighted by Crippen LogP contribution is -2.51. The van der Waals surface area contributed by atoms with E-state index in [1.165, 1.54) is 34.9 Å². The van der Waals surface area contributed by atoms with Gasteiger partial charge in [0.25, 0.3) is 11.8 Å². The van der Waals surface area contributed by atoms with Gasteiger partial charge in [0.05, 0.1) is 33.8 Å². The second-order valence-corrected chi connectivity index (χ2v) is 23.6. The molecule has 0 saturated carbocycles. The summed E-state index contributed by atoms with van der Waals surface area (Å²) < 4.78 is 34.3. The van der Waals surface area contributed by atoms with Crippen molar-refractivity contribution in [2.24, 2.45) is 17.4 Å². The molecule has 8 amide bonds. The molecule has 1 aromatic heterocycles. The number of hydrogen-bond donors (Lipinski definition) is 7. The van der Waals surface area contributed by atoms with Crippen molar-refractivity contribution in [3.05, 3.63) is 124 Å². The number of phosphoric acid groups is 1. The largest absolute Gasteiger partial charge is 0.524 e. The number of thiophene rings is 1. The van der Waals surface area contributed by atoms with Crippen molar-refractivity contribution in [3.63, 3.8) is 0 Å². The van der Waals surface area contributed by atoms with Gasteiger partial charge in [-0.15, -0.1) is 34.5 Å². The fraction of sp³-hybridized carbons (Fsp3) is 0.362. The van der Waals surface area contributed by atoms with Crippen LogP contribution in [0.15, 0.2) is 97.1 Å². The lowest BCUT2D eigenvalue weighted by molar-refractivity contribution is -0.128. The molecule has 2 aliphatic rings. The standard InChI is InChI=1S/C58H66Cl2N9O14PS/c1-33(2)51(61)53(71)65-42(14-9-21-63-56(62)74)52(70)64-37-17-15-34(16-18-37)32-81-57(75)66(3)22-23-67(24-25-80-4)58(76)82-45-26-43-49(40-12-7-5-10-38(40)45)35(28-59)30-68(43)54(72)47-19-20-48(85-47)55(73)69-31-36(29-60)50-41-13-8-6-11-39(41)46(27-44(50)69)83-84(77,78)79/h5-8,10-13,15-20,26-27,33,35-36,42,51H,9,14,21-25,28-32,61H2,1-4H3,(H,64,70)(H,65,71)(H3,62,63,74)(H2,77,78,79)/t35-,36-,42+,51?/m1/s1. The van der Waals surface area contributed by atoms with E-state index < -0.39 is 61.8 Å². The van der Waals surface area contributed by atoms with Crippen LogP contribution < -0.4 is 46.5 Å². The first-order chi connectivity index (χ1) is 40.6. The van der Waals surface area contributed by atoms with E-state index in [0.29, 0.717) is 50.6 Å². The van der Waals surface area contributed by atoms with Crippen molar-refractivity contribution in [3.8, 4) is 11.5 Å². The molecule has 0 saturated heterocycles. The first-order valence-corrected chi connectivity index (χ1v) is 30.6. The van der Waals surface area contributed by atoms with Crippen molar-refractivity contribution in [1.29, 1.82) is 0 Å². The van der Waals surface area contributed by atoms with Gasteiger partial charge in [0, 0.05) is 106 Å². The molecule has 6 aromatic rings. The van der Waals surface area contributed by atoms with Crippen LogP contribution in [0.5, 0.6) is 11.5 Å². The normalized spacial score (nSPS) is 15.2. The molecule has 8 rings (SSSR count). The molecule has 85 heavy (non-hydrogen) atoms. The fourth-order valence-electron chi connectivity index (χ4n) is 10.1. The van der Waals surface area contributed by atoms with Gasteiger partial charge < -0.3 is 65.8 Å². The number of nitrogens with two attached hydrogens (primary N) is 2. The van der Waals surface area contributed by atoms with Gasteiger partial charge in [-0.25, -0.2) is 18.9 Å². The molecule has 0 bridgehead atoms. The molecule has 452 valence electrons. The Morgan fingerprint density at radius 1 is 0.765 bits per heavy atom. The predicted molar refractivity (Wildman–Crippen MR) is 324 cm³/mol. The van der Waals surface area contributed by atoms with E-state index in [2.05, 4.69) is 16.0 Å². The molecule has 2 aliphatic heterocycles. The summed E-state index contributed by atoms with van der Waals surface area (Å²) in [4.78, 5) is 120. The van der Waals surface area contributed by atoms with Gasteiger partial charge in [-0.05, 0) is 70.5 Å². The van der Waals surface area contributed by atoms with Crippen molar-refractivity contribution in [2.75, 3.05) is 86.9 Å². The van der Waals surface area contributed by atoms with Crippen LogP contribution in [-0.4, -0.2) is 145 Å². The zero-order chi connectivity index (χ0) is 61.3. The Kier molecular flexibility index (Phi) is 21.0. The van der Waals surface area contributed by atoms with Crippen molar-refractivity contribution in [2.45, 2.75) is 57.2 Å². The Morgan fingerprint density at radius 3 is 1.85 bits per heavy atom. The van der Waals surface area contributed by atoms with Gasteiger partial charge >= 0.3 is 26.0 Å². The minimum Gasteiger partial charge on any atom is -0.445 e. The van der Waals surface area contributed by atoms with Gasteiger partial charge in [-0.2, -0.15) is 0 Å². The predicted octanol–water partition coefficient (Wildman–Crippen LogP) is 8.06. The number of nitrogens with one attached hydrogen (secondary N) is 3. The number of methoxy groups -OCH3 is 1. The number of halogens is 2. The van der Waals surface area contributed by atoms with E-state index in [1.54, 1.807) is 97.6 Å². The summed E-state index contributed by atoms with van der Waals surface area (Å²) >= 11 is 14.1. The molecular weight excluding hydrogens is 1180 g/mol. The average Bonchev–Trinajstić information content (AvgIpc) is 2.05. The van der Waals surface area contributed by atoms with Gasteiger partial charge in [0.15, 0.2) is 0 Å². The quantitative estimate of drug-likeness (QED) is 0.0171. The maximum Gasteiger partial charge on any atom is 0.524 e. The van der Waals surface area contributed by atoms with E-state index in [9.17, 15) is 47.9 Å². The number of urea groups is 1. The molecule has 27 heteroatoms. The van der Waals surface area contributed by atoms with Crippen LogP contribution in [-0.2, 0) is 30.2 Å². The average molecular weight is 1250 g/mol. The summed E-state index contributed by atoms with van der Waals surface area (Å²) in [5.41, 5.74) is 14.5. The summed E-state index contributed by atoms with van der Waals surface area (Å²) in [6.07, 6.45) is -0.917. The molecule has 0 fully saturated rings. The number of amides is 8. The highest BCUT2D eigenvalue weighted by Crippen LogP contribution is 2.50. The first-order valence-electron chi connectivity index (χ1n) is 27.2. The smallest absolute Gasteiger partial charge is 0.445 e. The van der Waals surface area contributed by atoms with Gasteiger partial charge in [0.2, 0.25) is 11.8 Å². The summed E-state index contributed by atoms with van der Waals surface area (Å²) in [7, 11) is -2.00. The Labute approximate surface area is 504 Å². The third kappa shape index (κ3) is 15.1. The number of nitrogens with zero attached hydrogens (tertiary/aromatic N) is 4. The van der Waals surface area contributed by atoms with Gasteiger partial charge in [-0.1, -0.05) is 74.5 Å². The van der Waals surface area contributed by atoms with Crippen LogP contribution in [0, 0.1) is 5.92 Å². The van der Waals surface area contributed by atoms with Gasteiger partial charge in [0.1, 0.15) is 24.1 Å². The summed E-state index contributed by atoms with van der Waals surface area (Å²) in [5, 5.41) is 10.3. The van der Waals surface area contributed by atoms with E-state index in [1.807, 2.05) is 12.1 Å². The number of carbonyl (C=O) groups is 7. The third-order valence-electron chi connectivity index (χ3n) is 14.6. The number of ether oxygens (including phenoxy) is 3. The lowest BCUT2D eigenvalue weighted by atomic mass is 9.95. The van der Waals surface area contributed by atoms with Crippen LogP contribution in [0.3, 0.4) is 0 Å². The molecule has 5 aromatic carbocycles. The number of rotatable bonds is 24. The van der Waals surface area contributed by atoms with Crippen molar-refractivity contribution in [1.82, 2.24) is 20.4 Å². The minimum absolute atomic E-state index is 0.00438. The minimum atomic E-state index is -5.00. The van der Waals surface area contributed by atoms with Crippen LogP contribution in [0.4, 0.5) is 31.4 Å². The number of phosphoric ester groups is 1. The zero-order valence-electron chi connectivity index (χ0n) is 47.0. The number of likely N-dealkylation sites (N-methyl/N-ethyl adjacent to an activating group) is 1. The molecule has 0 radical (unpaired) electrons. The van der Waals surface area contributed by atoms with E-state index in [-0.39, 0.29) is 110 Å². The topological polar surface area (TPSA) is 315 Å². The Morgan fingerprint density at radius 2 is 1.32 bits per heavy atom. The van der Waals surface area contributed by atoms with Crippen molar-refractivity contribution >= 4 is 123 Å². The Balaban J connectivity index is 0.924. The van der Waals surface area contributed by atoms with Crippen LogP contribution in [0.1, 0.15) is 74.6 Å². The van der Waals surface area contributed by atoms with E-state index in [4.69, 9.17) is 53.4 Å². The molecule has 3 heterocycles. The molecule has 0 spiro atoms. The summed E-state index contributed by atoms with van der Waals surface area (Å²) in [6, 6.07) is 24.4. The zero-order valence-corrected chi connectivity index (χ0v) is 50.2. The Bertz CT molecular complexity index is 3530. The molecule has 9 N–H and O–H groups in total. The highest BCUT2D eigenvalue weighted by molar-refractivity contribution is 7.46. The number of benzene rings is 5. The van der Waals surface area contributed by atoms with E-state index in [0.717, 1.165) is 22.5 Å². The molecular formula is C58H66Cl2N9O14PS. The third-order valence-corrected chi connectivity index (χ3v) is 16.8. The second-order valence-electron chi connectivity index (χ2n) is 20.8. The molecule has 23 nitrogen and oxygen atoms in total. The summed E-state index contributed by atoms with van der Waals surface area (Å²) in [5.74, 6) is -2.37. The summed E-state index contributed by atoms with van der Waals surface area (Å²) in [6.45, 7) is 4.22. The maximum absolute atomic E-state index is 14.7. The maximum atomic E-state index is 14.7. The number of anilines is 3. The number of carbonyl (C=O) groups excluding carboxylic acids is 7. The monoisotopic (exact) mass is 1250 g/mol. The SMILES string of the molecule is COCCN(CCN(C)C(=O)OCc1ccc(NC(=O)[C@H](CCCNC(N)=O)NC(=O)C(N)C(C)C)cc1)C(=O)Oc1cc2c(c3ccccc13)[C@H](CCl)CN2C(=O)c1ccc(C(=O)N2C[C@@H](CCl)c3c2cc(OP(=O)(O)O)c2ccccc32)s1. The highest BCUT2D eigenvalue weighted by atomic mass is 35.5.